The van der Waals surface area contributed by atoms with Crippen molar-refractivity contribution in [3.05, 3.63) is 0 Å². The Morgan fingerprint density at radius 2 is 1.72 bits per heavy atom. The second-order valence-electron chi connectivity index (χ2n) is 3.49. The average molecular weight is 296 g/mol. The maximum Gasteiger partial charge on any atom is 0.463 e. The summed E-state index contributed by atoms with van der Waals surface area (Å²) in [5.74, 6) is -9.76. The normalized spacial score (nSPS) is 14.2. The van der Waals surface area contributed by atoms with Gasteiger partial charge in [0, 0.05) is 12.5 Å². The summed E-state index contributed by atoms with van der Waals surface area (Å²) in [5, 5.41) is 1.41. The number of hydrogen-bond donors (Lipinski definition) is 1. The molecule has 18 heavy (non-hydrogen) atoms. The average Bonchev–Trinajstić information content (AvgIpc) is 2.27. The highest BCUT2D eigenvalue weighted by atomic mass is 35.5. The highest BCUT2D eigenvalue weighted by Gasteiger charge is 2.63. The largest absolute Gasteiger partial charge is 0.463 e. The fourth-order valence-electron chi connectivity index (χ4n) is 1.05. The molecule has 0 aliphatic carbocycles. The van der Waals surface area contributed by atoms with Gasteiger partial charge in [0.05, 0.1) is 5.88 Å². The van der Waals surface area contributed by atoms with Gasteiger partial charge in [-0.15, -0.1) is 11.6 Å². The molecule has 1 N–H and O–H groups in total. The van der Waals surface area contributed by atoms with E-state index < -0.39 is 42.1 Å². The molecule has 1 atom stereocenters. The van der Waals surface area contributed by atoms with Crippen molar-refractivity contribution >= 4 is 23.3 Å². The second kappa shape index (κ2) is 6.31. The molecule has 1 amide bonds. The zero-order valence-electron chi connectivity index (χ0n) is 9.28. The highest BCUT2D eigenvalue weighted by Crippen LogP contribution is 2.35. The van der Waals surface area contributed by atoms with Gasteiger partial charge in [0.2, 0.25) is 0 Å². The third-order valence-corrected chi connectivity index (χ3v) is 2.49. The first kappa shape index (κ1) is 17.1. The molecule has 0 saturated heterocycles. The van der Waals surface area contributed by atoms with Crippen molar-refractivity contribution in [1.82, 2.24) is 5.32 Å². The van der Waals surface area contributed by atoms with Crippen LogP contribution in [0.2, 0.25) is 0 Å². The second-order valence-corrected chi connectivity index (χ2v) is 3.75. The van der Waals surface area contributed by atoms with Crippen LogP contribution in [-0.2, 0) is 9.59 Å². The third-order valence-electron chi connectivity index (χ3n) is 2.23. The number of Topliss-reactive ketones (excluding diaryl/α,β-unsaturated/α-hetero) is 1. The molecule has 0 aromatic heterocycles. The topological polar surface area (TPSA) is 46.2 Å². The van der Waals surface area contributed by atoms with Gasteiger partial charge in [-0.3, -0.25) is 9.59 Å². The lowest BCUT2D eigenvalue weighted by Crippen LogP contribution is -2.51. The van der Waals surface area contributed by atoms with Crippen LogP contribution in [0.1, 0.15) is 13.3 Å². The number of alkyl halides is 6. The monoisotopic (exact) mass is 295 g/mol. The molecule has 0 rings (SSSR count). The Kier molecular flexibility index (Phi) is 5.98. The number of carbonyl (C=O) groups is 2. The number of hydrogen-bond acceptors (Lipinski definition) is 2. The molecule has 3 nitrogen and oxygen atoms in total. The molecule has 0 aliphatic heterocycles. The summed E-state index contributed by atoms with van der Waals surface area (Å²) in [6, 6.07) is 0. The molecular weight excluding hydrogens is 285 g/mol. The molecule has 0 saturated carbocycles. The predicted octanol–water partition coefficient (Wildman–Crippen LogP) is 2.13. The van der Waals surface area contributed by atoms with Gasteiger partial charge in [0.15, 0.2) is 5.78 Å². The quantitative estimate of drug-likeness (QED) is 0.603. The number of rotatable bonds is 6. The Hall–Kier alpha value is -0.920. The first-order chi connectivity index (χ1) is 8.07. The zero-order valence-corrected chi connectivity index (χ0v) is 10.0. The van der Waals surface area contributed by atoms with Crippen molar-refractivity contribution in [3.8, 4) is 0 Å². The summed E-state index contributed by atoms with van der Waals surface area (Å²) in [7, 11) is 0. The summed E-state index contributed by atoms with van der Waals surface area (Å²) in [6.07, 6.45) is -5.79. The maximum atomic E-state index is 12.5. The van der Waals surface area contributed by atoms with Gasteiger partial charge in [0.1, 0.15) is 0 Å². The van der Waals surface area contributed by atoms with Crippen LogP contribution in [0.3, 0.4) is 0 Å². The van der Waals surface area contributed by atoms with Gasteiger partial charge in [-0.1, -0.05) is 6.92 Å². The first-order valence-corrected chi connectivity index (χ1v) is 5.42. The molecule has 9 heteroatoms. The minimum atomic E-state index is -5.96. The van der Waals surface area contributed by atoms with Crippen molar-refractivity contribution in [2.45, 2.75) is 25.4 Å². The molecule has 0 spiro atoms. The van der Waals surface area contributed by atoms with E-state index >= 15 is 0 Å². The van der Waals surface area contributed by atoms with E-state index in [1.54, 1.807) is 0 Å². The highest BCUT2D eigenvalue weighted by molar-refractivity contribution is 6.27. The first-order valence-electron chi connectivity index (χ1n) is 4.89. The molecule has 0 heterocycles. The lowest BCUT2D eigenvalue weighted by Gasteiger charge is -2.20. The lowest BCUT2D eigenvalue weighted by molar-refractivity contribution is -0.269. The van der Waals surface area contributed by atoms with Crippen molar-refractivity contribution in [2.75, 3.05) is 12.4 Å². The summed E-state index contributed by atoms with van der Waals surface area (Å²) >= 11 is 5.21. The molecule has 0 aromatic rings. The molecule has 0 fully saturated rings. The van der Waals surface area contributed by atoms with Crippen LogP contribution in [0.25, 0.3) is 0 Å². The summed E-state index contributed by atoms with van der Waals surface area (Å²) in [4.78, 5) is 21.8. The molecule has 0 aromatic carbocycles. The van der Waals surface area contributed by atoms with E-state index in [-0.39, 0.29) is 6.42 Å². The van der Waals surface area contributed by atoms with Gasteiger partial charge in [0.25, 0.3) is 5.91 Å². The maximum absolute atomic E-state index is 12.5. The molecule has 106 valence electrons. The Morgan fingerprint density at radius 3 is 2.06 bits per heavy atom. The van der Waals surface area contributed by atoms with E-state index in [1.807, 2.05) is 0 Å². The van der Waals surface area contributed by atoms with Crippen LogP contribution in [-0.4, -0.2) is 36.2 Å². The van der Waals surface area contributed by atoms with E-state index in [2.05, 4.69) is 0 Å². The fraction of sp³-hybridized carbons (Fsp3) is 0.778. The van der Waals surface area contributed by atoms with Crippen molar-refractivity contribution in [2.24, 2.45) is 5.92 Å². The van der Waals surface area contributed by atoms with E-state index in [1.165, 1.54) is 12.2 Å². The molecule has 0 bridgehead atoms. The smallest absolute Gasteiger partial charge is 0.350 e. The van der Waals surface area contributed by atoms with Crippen LogP contribution >= 0.6 is 11.6 Å². The van der Waals surface area contributed by atoms with Crippen molar-refractivity contribution < 1.29 is 31.5 Å². The van der Waals surface area contributed by atoms with Crippen molar-refractivity contribution in [1.29, 1.82) is 0 Å². The minimum absolute atomic E-state index is 0.170. The van der Waals surface area contributed by atoms with E-state index in [0.717, 1.165) is 0 Å². The van der Waals surface area contributed by atoms with Crippen LogP contribution < -0.4 is 5.32 Å². The summed E-state index contributed by atoms with van der Waals surface area (Å²) < 4.78 is 60.5. The molecule has 0 aliphatic rings. The predicted molar refractivity (Wildman–Crippen MR) is 53.5 cm³/mol. The summed E-state index contributed by atoms with van der Waals surface area (Å²) in [5.41, 5.74) is 0. The number of halogens is 6. The van der Waals surface area contributed by atoms with Crippen LogP contribution in [0.15, 0.2) is 0 Å². The number of nitrogens with one attached hydrogen (secondary N) is 1. The van der Waals surface area contributed by atoms with E-state index in [9.17, 15) is 31.5 Å². The van der Waals surface area contributed by atoms with Crippen LogP contribution in [0.4, 0.5) is 22.0 Å². The van der Waals surface area contributed by atoms with E-state index in [4.69, 9.17) is 11.6 Å². The fourth-order valence-corrected chi connectivity index (χ4v) is 1.27. The standard InChI is InChI=1S/C9H11ClF5NO2/c1-2-5(6(17)3-10)4-16-7(18)8(11,12)9(13,14)15/h5H,2-4H2,1H3,(H,16,18). The Morgan fingerprint density at radius 1 is 1.22 bits per heavy atom. The third kappa shape index (κ3) is 4.08. The number of ketones is 1. The molecule has 1 unspecified atom stereocenters. The summed E-state index contributed by atoms with van der Waals surface area (Å²) in [6.45, 7) is 0.912. The molecular formula is C9H11ClF5NO2. The minimum Gasteiger partial charge on any atom is -0.350 e. The molecule has 0 radical (unpaired) electrons. The zero-order chi connectivity index (χ0) is 14.6. The lowest BCUT2D eigenvalue weighted by atomic mass is 10.0. The van der Waals surface area contributed by atoms with Gasteiger partial charge in [-0.2, -0.15) is 22.0 Å². The van der Waals surface area contributed by atoms with Gasteiger partial charge in [-0.05, 0) is 6.42 Å². The van der Waals surface area contributed by atoms with Gasteiger partial charge in [-0.25, -0.2) is 0 Å². The SMILES string of the molecule is CCC(CNC(=O)C(F)(F)C(F)(F)F)C(=O)CCl. The van der Waals surface area contributed by atoms with Gasteiger partial charge < -0.3 is 5.32 Å². The Bertz CT molecular complexity index is 319. The van der Waals surface area contributed by atoms with Gasteiger partial charge >= 0.3 is 12.1 Å². The Balaban J connectivity index is 4.55. The number of amides is 1. The van der Waals surface area contributed by atoms with E-state index in [0.29, 0.717) is 0 Å². The Labute approximate surface area is 105 Å². The van der Waals surface area contributed by atoms with Crippen molar-refractivity contribution in [3.63, 3.8) is 0 Å². The van der Waals surface area contributed by atoms with Crippen LogP contribution in [0.5, 0.6) is 0 Å². The van der Waals surface area contributed by atoms with Crippen LogP contribution in [0, 0.1) is 5.92 Å². The number of carbonyl (C=O) groups excluding carboxylic acids is 2.